The number of nitrogens with one attached hydrogen (secondary N) is 2. The van der Waals surface area contributed by atoms with Crippen LogP contribution in [0.5, 0.6) is 0 Å². The normalized spacial score (nSPS) is 10.6. The molecule has 140 valence electrons. The number of carbonyl (C=O) groups is 2. The second-order valence-corrected chi connectivity index (χ2v) is 7.04. The number of carbonyl (C=O) groups excluding carboxylic acids is 2. The van der Waals surface area contributed by atoms with Crippen LogP contribution in [-0.4, -0.2) is 16.8 Å². The Hall–Kier alpha value is -2.93. The standard InChI is InChI=1S/C20H21N3O3S/c1-3-7-15-17(4-2)27-20(22-15)23-18(24)13-8-5-9-14(12-13)21-19(25)16-10-6-11-26-16/h5-6,8-12H,3-4,7H2,1-2H3,(H,21,25)(H,22,23,24). The number of nitrogens with zero attached hydrogens (tertiary/aromatic N) is 1. The van der Waals surface area contributed by atoms with Crippen molar-refractivity contribution in [1.82, 2.24) is 4.98 Å². The van der Waals surface area contributed by atoms with E-state index in [-0.39, 0.29) is 17.6 Å². The van der Waals surface area contributed by atoms with Gasteiger partial charge in [0.15, 0.2) is 10.9 Å². The highest BCUT2D eigenvalue weighted by Crippen LogP contribution is 2.25. The maximum absolute atomic E-state index is 12.6. The van der Waals surface area contributed by atoms with Crippen LogP contribution >= 0.6 is 11.3 Å². The summed E-state index contributed by atoms with van der Waals surface area (Å²) >= 11 is 1.51. The predicted octanol–water partition coefficient (Wildman–Crippen LogP) is 4.76. The molecule has 3 rings (SSSR count). The number of aromatic nitrogens is 1. The second-order valence-electron chi connectivity index (χ2n) is 5.96. The molecule has 0 saturated heterocycles. The van der Waals surface area contributed by atoms with Crippen LogP contribution in [0.4, 0.5) is 10.8 Å². The Morgan fingerprint density at radius 3 is 2.67 bits per heavy atom. The first-order valence-corrected chi connectivity index (χ1v) is 9.67. The van der Waals surface area contributed by atoms with Gasteiger partial charge in [0.1, 0.15) is 0 Å². The van der Waals surface area contributed by atoms with E-state index in [9.17, 15) is 9.59 Å². The summed E-state index contributed by atoms with van der Waals surface area (Å²) in [5, 5.41) is 6.18. The summed E-state index contributed by atoms with van der Waals surface area (Å²) in [6.07, 6.45) is 4.26. The molecule has 0 atom stereocenters. The van der Waals surface area contributed by atoms with E-state index in [1.165, 1.54) is 22.5 Å². The van der Waals surface area contributed by atoms with Crippen LogP contribution < -0.4 is 10.6 Å². The van der Waals surface area contributed by atoms with Crippen LogP contribution in [0.15, 0.2) is 47.1 Å². The molecule has 0 unspecified atom stereocenters. The van der Waals surface area contributed by atoms with Crippen LogP contribution in [0, 0.1) is 0 Å². The van der Waals surface area contributed by atoms with Gasteiger partial charge in [-0.25, -0.2) is 4.98 Å². The number of benzene rings is 1. The van der Waals surface area contributed by atoms with E-state index < -0.39 is 0 Å². The summed E-state index contributed by atoms with van der Waals surface area (Å²) in [7, 11) is 0. The lowest BCUT2D eigenvalue weighted by molar-refractivity contribution is 0.0993. The second kappa shape index (κ2) is 8.64. The van der Waals surface area contributed by atoms with Gasteiger partial charge in [0, 0.05) is 16.1 Å². The first kappa shape index (κ1) is 18.8. The van der Waals surface area contributed by atoms with Crippen molar-refractivity contribution in [2.45, 2.75) is 33.1 Å². The van der Waals surface area contributed by atoms with Gasteiger partial charge in [-0.1, -0.05) is 26.3 Å². The fourth-order valence-corrected chi connectivity index (χ4v) is 3.60. The van der Waals surface area contributed by atoms with Crippen molar-refractivity contribution in [3.05, 3.63) is 64.6 Å². The third-order valence-electron chi connectivity index (χ3n) is 3.93. The van der Waals surface area contributed by atoms with Crippen molar-refractivity contribution >= 4 is 34.0 Å². The monoisotopic (exact) mass is 383 g/mol. The van der Waals surface area contributed by atoms with Crippen LogP contribution in [0.3, 0.4) is 0 Å². The van der Waals surface area contributed by atoms with E-state index >= 15 is 0 Å². The molecule has 2 aromatic heterocycles. The fraction of sp³-hybridized carbons (Fsp3) is 0.250. The van der Waals surface area contributed by atoms with Gasteiger partial charge in [0.25, 0.3) is 11.8 Å². The third-order valence-corrected chi connectivity index (χ3v) is 5.09. The summed E-state index contributed by atoms with van der Waals surface area (Å²) in [5.74, 6) is -0.416. The summed E-state index contributed by atoms with van der Waals surface area (Å²) in [6.45, 7) is 4.20. The number of hydrogen-bond donors (Lipinski definition) is 2. The highest BCUT2D eigenvalue weighted by atomic mass is 32.1. The average molecular weight is 383 g/mol. The molecule has 0 aliphatic heterocycles. The molecule has 1 aromatic carbocycles. The van der Waals surface area contributed by atoms with Crippen molar-refractivity contribution < 1.29 is 14.0 Å². The van der Waals surface area contributed by atoms with Gasteiger partial charge in [-0.15, -0.1) is 11.3 Å². The van der Waals surface area contributed by atoms with Gasteiger partial charge in [0.2, 0.25) is 0 Å². The zero-order chi connectivity index (χ0) is 19.2. The zero-order valence-corrected chi connectivity index (χ0v) is 16.1. The Bertz CT molecular complexity index is 932. The summed E-state index contributed by atoms with van der Waals surface area (Å²) < 4.78 is 5.07. The number of amides is 2. The predicted molar refractivity (Wildman–Crippen MR) is 107 cm³/mol. The molecule has 0 bridgehead atoms. The van der Waals surface area contributed by atoms with Crippen molar-refractivity contribution in [2.24, 2.45) is 0 Å². The Morgan fingerprint density at radius 2 is 1.96 bits per heavy atom. The van der Waals surface area contributed by atoms with E-state index in [0.29, 0.717) is 16.4 Å². The number of hydrogen-bond acceptors (Lipinski definition) is 5. The Morgan fingerprint density at radius 1 is 1.11 bits per heavy atom. The van der Waals surface area contributed by atoms with Crippen molar-refractivity contribution in [3.63, 3.8) is 0 Å². The number of furan rings is 1. The molecule has 0 aliphatic carbocycles. The largest absolute Gasteiger partial charge is 0.459 e. The van der Waals surface area contributed by atoms with E-state index in [4.69, 9.17) is 4.42 Å². The third kappa shape index (κ3) is 4.62. The minimum absolute atomic E-state index is 0.211. The highest BCUT2D eigenvalue weighted by molar-refractivity contribution is 7.15. The molecule has 0 saturated carbocycles. The first-order valence-electron chi connectivity index (χ1n) is 8.85. The lowest BCUT2D eigenvalue weighted by atomic mass is 10.2. The number of rotatable bonds is 7. The maximum atomic E-state index is 12.6. The molecule has 7 heteroatoms. The summed E-state index contributed by atoms with van der Waals surface area (Å²) in [6, 6.07) is 9.97. The fourth-order valence-electron chi connectivity index (χ4n) is 2.65. The van der Waals surface area contributed by atoms with Crippen LogP contribution in [0.1, 0.15) is 51.8 Å². The molecular weight excluding hydrogens is 362 g/mol. The van der Waals surface area contributed by atoms with Crippen LogP contribution in [0.2, 0.25) is 0 Å². The maximum Gasteiger partial charge on any atom is 0.291 e. The summed E-state index contributed by atoms with van der Waals surface area (Å²) in [5.41, 5.74) is 2.02. The molecule has 2 N–H and O–H groups in total. The molecule has 2 amide bonds. The topological polar surface area (TPSA) is 84.2 Å². The van der Waals surface area contributed by atoms with E-state index in [2.05, 4.69) is 29.5 Å². The lowest BCUT2D eigenvalue weighted by Crippen LogP contribution is -2.14. The molecule has 6 nitrogen and oxygen atoms in total. The van der Waals surface area contributed by atoms with E-state index in [1.807, 2.05) is 0 Å². The number of anilines is 2. The molecule has 0 fully saturated rings. The SMILES string of the molecule is CCCc1nc(NC(=O)c2cccc(NC(=O)c3ccco3)c2)sc1CC. The number of thiazole rings is 1. The van der Waals surface area contributed by atoms with Gasteiger partial charge in [-0.2, -0.15) is 0 Å². The van der Waals surface area contributed by atoms with Crippen molar-refractivity contribution in [2.75, 3.05) is 10.6 Å². The van der Waals surface area contributed by atoms with Gasteiger partial charge in [0.05, 0.1) is 12.0 Å². The molecule has 0 aliphatic rings. The molecule has 0 spiro atoms. The molecule has 3 aromatic rings. The van der Waals surface area contributed by atoms with Gasteiger partial charge in [-0.3, -0.25) is 14.9 Å². The smallest absolute Gasteiger partial charge is 0.291 e. The Balaban J connectivity index is 1.71. The van der Waals surface area contributed by atoms with Gasteiger partial charge >= 0.3 is 0 Å². The van der Waals surface area contributed by atoms with Crippen molar-refractivity contribution in [3.8, 4) is 0 Å². The Labute approximate surface area is 161 Å². The summed E-state index contributed by atoms with van der Waals surface area (Å²) in [4.78, 5) is 30.4. The molecule has 27 heavy (non-hydrogen) atoms. The molecule has 2 heterocycles. The minimum atomic E-state index is -0.366. The molecule has 0 radical (unpaired) electrons. The van der Waals surface area contributed by atoms with Crippen molar-refractivity contribution in [1.29, 1.82) is 0 Å². The number of aryl methyl sites for hydroxylation is 2. The average Bonchev–Trinajstić information content (AvgIpc) is 3.32. The Kier molecular flexibility index (Phi) is 6.03. The molecular formula is C20H21N3O3S. The zero-order valence-electron chi connectivity index (χ0n) is 15.2. The van der Waals surface area contributed by atoms with E-state index in [0.717, 1.165) is 25.0 Å². The minimum Gasteiger partial charge on any atom is -0.459 e. The quantitative estimate of drug-likeness (QED) is 0.616. The van der Waals surface area contributed by atoms with Gasteiger partial charge in [-0.05, 0) is 43.2 Å². The lowest BCUT2D eigenvalue weighted by Gasteiger charge is -2.06. The van der Waals surface area contributed by atoms with Gasteiger partial charge < -0.3 is 9.73 Å². The van der Waals surface area contributed by atoms with Crippen LogP contribution in [0.25, 0.3) is 0 Å². The van der Waals surface area contributed by atoms with E-state index in [1.54, 1.807) is 36.4 Å². The first-order chi connectivity index (χ1) is 13.1. The van der Waals surface area contributed by atoms with Crippen LogP contribution in [-0.2, 0) is 12.8 Å². The highest BCUT2D eigenvalue weighted by Gasteiger charge is 2.14.